The van der Waals surface area contributed by atoms with Crippen LogP contribution >= 0.6 is 11.6 Å². The van der Waals surface area contributed by atoms with Crippen molar-refractivity contribution in [2.45, 2.75) is 12.4 Å². The molecular weight excluding hydrogens is 274 g/mol. The number of pyridine rings is 1. The molecule has 0 unspecified atom stereocenters. The average Bonchev–Trinajstić information content (AvgIpc) is 2.49. The lowest BCUT2D eigenvalue weighted by molar-refractivity contribution is 0.0971. The number of nitrogens with zero attached hydrogens (tertiary/aromatic N) is 1. The van der Waals surface area contributed by atoms with E-state index < -0.39 is 0 Å². The van der Waals surface area contributed by atoms with Crippen LogP contribution in [0.1, 0.15) is 15.9 Å². The van der Waals surface area contributed by atoms with Crippen LogP contribution in [0, 0.1) is 0 Å². The third-order valence-corrected chi connectivity index (χ3v) is 3.22. The molecule has 2 rings (SSSR count). The summed E-state index contributed by atoms with van der Waals surface area (Å²) in [6, 6.07) is 9.98. The Morgan fingerprint density at radius 1 is 1.25 bits per heavy atom. The summed E-state index contributed by atoms with van der Waals surface area (Å²) in [6.45, 7) is -0.0100. The van der Waals surface area contributed by atoms with E-state index in [1.165, 1.54) is 16.8 Å². The van der Waals surface area contributed by atoms with Crippen LogP contribution in [0.15, 0.2) is 47.4 Å². The monoisotopic (exact) mass is 286 g/mol. The van der Waals surface area contributed by atoms with Crippen molar-refractivity contribution in [3.05, 3.63) is 64.1 Å². The van der Waals surface area contributed by atoms with Gasteiger partial charge in [0, 0.05) is 29.4 Å². The SMILES string of the molecule is [B]Nc1ccn(CC(=O)c2ccc(CCl)cc2)c(=O)c1. The fraction of sp³-hybridized carbons (Fsp3) is 0.143. The Morgan fingerprint density at radius 3 is 2.50 bits per heavy atom. The molecule has 1 aromatic carbocycles. The maximum Gasteiger partial charge on any atom is 0.252 e. The lowest BCUT2D eigenvalue weighted by Gasteiger charge is -2.07. The number of nitrogens with one attached hydrogen (secondary N) is 1. The molecule has 0 bridgehead atoms. The molecule has 1 aromatic heterocycles. The van der Waals surface area contributed by atoms with Crippen LogP contribution in [-0.2, 0) is 12.4 Å². The summed E-state index contributed by atoms with van der Waals surface area (Å²) >= 11 is 5.69. The van der Waals surface area contributed by atoms with E-state index in [-0.39, 0.29) is 17.9 Å². The predicted octanol–water partition coefficient (Wildman–Crippen LogP) is 1.97. The van der Waals surface area contributed by atoms with Crippen LogP contribution in [0.3, 0.4) is 0 Å². The van der Waals surface area contributed by atoms with E-state index in [2.05, 4.69) is 5.23 Å². The van der Waals surface area contributed by atoms with Gasteiger partial charge >= 0.3 is 0 Å². The summed E-state index contributed by atoms with van der Waals surface area (Å²) in [5.74, 6) is 0.267. The molecule has 2 aromatic rings. The van der Waals surface area contributed by atoms with E-state index in [1.807, 2.05) is 0 Å². The second kappa shape index (κ2) is 6.43. The molecule has 4 nitrogen and oxygen atoms in total. The number of hydrogen-bond acceptors (Lipinski definition) is 3. The summed E-state index contributed by atoms with van der Waals surface area (Å²) in [6.07, 6.45) is 1.53. The van der Waals surface area contributed by atoms with Gasteiger partial charge in [0.25, 0.3) is 5.56 Å². The molecule has 0 spiro atoms. The fourth-order valence-electron chi connectivity index (χ4n) is 1.75. The molecule has 1 heterocycles. The number of rotatable bonds is 5. The van der Waals surface area contributed by atoms with Crippen LogP contribution in [0.5, 0.6) is 0 Å². The highest BCUT2D eigenvalue weighted by molar-refractivity contribution is 6.17. The Kier molecular flexibility index (Phi) is 4.63. The van der Waals surface area contributed by atoms with Crippen molar-refractivity contribution in [2.24, 2.45) is 0 Å². The minimum atomic E-state index is -0.286. The minimum Gasteiger partial charge on any atom is -0.437 e. The number of ketones is 1. The summed E-state index contributed by atoms with van der Waals surface area (Å²) in [4.78, 5) is 23.9. The first-order chi connectivity index (χ1) is 9.63. The molecule has 0 saturated carbocycles. The lowest BCUT2D eigenvalue weighted by atomic mass is 10.1. The van der Waals surface area contributed by atoms with Crippen molar-refractivity contribution in [1.82, 2.24) is 4.57 Å². The number of Topliss-reactive ketones (excluding diaryl/α,β-unsaturated/α-hetero) is 1. The zero-order valence-corrected chi connectivity index (χ0v) is 11.4. The summed E-state index contributed by atoms with van der Waals surface area (Å²) in [5.41, 5.74) is 1.71. The van der Waals surface area contributed by atoms with Crippen molar-refractivity contribution < 1.29 is 4.79 Å². The first-order valence-corrected chi connectivity index (χ1v) is 6.52. The maximum atomic E-state index is 12.1. The van der Waals surface area contributed by atoms with Gasteiger partial charge in [-0.1, -0.05) is 24.3 Å². The molecule has 0 aliphatic carbocycles. The van der Waals surface area contributed by atoms with Crippen LogP contribution < -0.4 is 10.8 Å². The lowest BCUT2D eigenvalue weighted by Crippen LogP contribution is -2.23. The van der Waals surface area contributed by atoms with Gasteiger partial charge in [-0.25, -0.2) is 0 Å². The number of carbonyl (C=O) groups excluding carboxylic acids is 1. The number of benzene rings is 1. The molecule has 6 heteroatoms. The Bertz CT molecular complexity index is 668. The first-order valence-electron chi connectivity index (χ1n) is 5.99. The minimum absolute atomic E-state index is 0.0100. The standard InChI is InChI=1S/C14H12BClN2O2/c15-17-12-5-6-18(14(20)7-12)9-13(19)11-3-1-10(8-16)2-4-11/h1-7,17H,8-9H2. The molecule has 0 aliphatic heterocycles. The molecule has 1 N–H and O–H groups in total. The highest BCUT2D eigenvalue weighted by atomic mass is 35.5. The number of halogens is 1. The second-order valence-electron chi connectivity index (χ2n) is 4.28. The van der Waals surface area contributed by atoms with Crippen molar-refractivity contribution in [3.63, 3.8) is 0 Å². The van der Waals surface area contributed by atoms with Gasteiger partial charge in [0.1, 0.15) is 0 Å². The molecular formula is C14H12BClN2O2. The second-order valence-corrected chi connectivity index (χ2v) is 4.55. The Hall–Kier alpha value is -2.01. The van der Waals surface area contributed by atoms with Gasteiger partial charge in [-0.3, -0.25) is 9.59 Å². The normalized spacial score (nSPS) is 10.2. The van der Waals surface area contributed by atoms with Crippen LogP contribution in [0.4, 0.5) is 5.69 Å². The van der Waals surface area contributed by atoms with E-state index >= 15 is 0 Å². The molecule has 0 saturated heterocycles. The Balaban J connectivity index is 2.16. The van der Waals surface area contributed by atoms with E-state index in [4.69, 9.17) is 19.6 Å². The number of hydrogen-bond donors (Lipinski definition) is 1. The molecule has 20 heavy (non-hydrogen) atoms. The Labute approximate surface area is 122 Å². The van der Waals surface area contributed by atoms with Crippen LogP contribution in [-0.4, -0.2) is 18.3 Å². The number of alkyl halides is 1. The van der Waals surface area contributed by atoms with Gasteiger partial charge in [0.2, 0.25) is 7.98 Å². The predicted molar refractivity (Wildman–Crippen MR) is 80.4 cm³/mol. The summed E-state index contributed by atoms with van der Waals surface area (Å²) in [7, 11) is 5.21. The third kappa shape index (κ3) is 3.30. The quantitative estimate of drug-likeness (QED) is 0.519. The van der Waals surface area contributed by atoms with Gasteiger partial charge in [0.05, 0.1) is 6.54 Å². The summed E-state index contributed by atoms with van der Waals surface area (Å²) < 4.78 is 1.33. The molecule has 0 amide bonds. The maximum absolute atomic E-state index is 12.1. The van der Waals surface area contributed by atoms with Crippen molar-refractivity contribution in [3.8, 4) is 0 Å². The van der Waals surface area contributed by atoms with Crippen LogP contribution in [0.25, 0.3) is 0 Å². The highest BCUT2D eigenvalue weighted by Crippen LogP contribution is 2.08. The molecule has 0 aliphatic rings. The number of anilines is 1. The topological polar surface area (TPSA) is 51.1 Å². The van der Waals surface area contributed by atoms with Crippen LogP contribution in [0.2, 0.25) is 0 Å². The van der Waals surface area contributed by atoms with Gasteiger partial charge in [-0.2, -0.15) is 0 Å². The number of aromatic nitrogens is 1. The van der Waals surface area contributed by atoms with Crippen molar-refractivity contribution in [2.75, 3.05) is 5.23 Å². The Morgan fingerprint density at radius 2 is 1.95 bits per heavy atom. The van der Waals surface area contributed by atoms with Crippen molar-refractivity contribution >= 4 is 31.1 Å². The van der Waals surface area contributed by atoms with E-state index in [9.17, 15) is 9.59 Å². The first kappa shape index (κ1) is 14.4. The molecule has 0 fully saturated rings. The van der Waals surface area contributed by atoms with E-state index in [1.54, 1.807) is 30.3 Å². The third-order valence-electron chi connectivity index (χ3n) is 2.91. The van der Waals surface area contributed by atoms with E-state index in [0.29, 0.717) is 17.1 Å². The molecule has 100 valence electrons. The molecule has 2 radical (unpaired) electrons. The molecule has 0 atom stereocenters. The largest absolute Gasteiger partial charge is 0.437 e. The van der Waals surface area contributed by atoms with Gasteiger partial charge < -0.3 is 9.79 Å². The van der Waals surface area contributed by atoms with Crippen molar-refractivity contribution in [1.29, 1.82) is 0 Å². The number of carbonyl (C=O) groups is 1. The summed E-state index contributed by atoms with van der Waals surface area (Å²) in [5, 5.41) is 2.38. The fourth-order valence-corrected chi connectivity index (χ4v) is 1.93. The highest BCUT2D eigenvalue weighted by Gasteiger charge is 2.08. The zero-order valence-electron chi connectivity index (χ0n) is 10.7. The smallest absolute Gasteiger partial charge is 0.252 e. The van der Waals surface area contributed by atoms with Gasteiger partial charge in [-0.15, -0.1) is 11.6 Å². The van der Waals surface area contributed by atoms with Gasteiger partial charge in [0.15, 0.2) is 5.78 Å². The zero-order chi connectivity index (χ0) is 14.5. The van der Waals surface area contributed by atoms with E-state index in [0.717, 1.165) is 5.56 Å². The van der Waals surface area contributed by atoms with Gasteiger partial charge in [-0.05, 0) is 11.6 Å². The average molecular weight is 287 g/mol.